The fraction of sp³-hybridized carbons (Fsp3) is 0.600. The maximum atomic E-state index is 9.99. The van der Waals surface area contributed by atoms with Gasteiger partial charge in [0, 0.05) is 19.7 Å². The van der Waals surface area contributed by atoms with E-state index in [9.17, 15) is 10.2 Å². The summed E-state index contributed by atoms with van der Waals surface area (Å²) < 4.78 is 5.54. The van der Waals surface area contributed by atoms with Gasteiger partial charge >= 0.3 is 0 Å². The number of piperidine rings is 1. The number of aliphatic hydroxyl groups excluding tert-OH is 2. The van der Waals surface area contributed by atoms with Crippen LogP contribution in [0.25, 0.3) is 0 Å². The van der Waals surface area contributed by atoms with Crippen LogP contribution in [0.15, 0.2) is 30.3 Å². The van der Waals surface area contributed by atoms with E-state index >= 15 is 0 Å². The van der Waals surface area contributed by atoms with Crippen molar-refractivity contribution in [1.29, 1.82) is 0 Å². The minimum atomic E-state index is -0.488. The fourth-order valence-corrected chi connectivity index (χ4v) is 2.53. The predicted octanol–water partition coefficient (Wildman–Crippen LogP) is 1.13. The molecule has 0 spiro atoms. The maximum Gasteiger partial charge on any atom is 0.119 e. The van der Waals surface area contributed by atoms with Gasteiger partial charge in [-0.2, -0.15) is 0 Å². The van der Waals surface area contributed by atoms with Gasteiger partial charge in [-0.15, -0.1) is 0 Å². The molecule has 1 aromatic rings. The zero-order valence-electron chi connectivity index (χ0n) is 11.2. The first kappa shape index (κ1) is 14.3. The predicted molar refractivity (Wildman–Crippen MR) is 74.2 cm³/mol. The highest BCUT2D eigenvalue weighted by molar-refractivity contribution is 5.20. The summed E-state index contributed by atoms with van der Waals surface area (Å²) in [4.78, 5) is 2.21. The molecule has 0 aliphatic carbocycles. The molecule has 0 amide bonds. The van der Waals surface area contributed by atoms with Crippen LogP contribution in [0, 0.1) is 5.92 Å². The molecule has 0 radical (unpaired) electrons. The summed E-state index contributed by atoms with van der Waals surface area (Å²) >= 11 is 0. The second-order valence-corrected chi connectivity index (χ2v) is 5.23. The molecule has 1 saturated heterocycles. The van der Waals surface area contributed by atoms with E-state index in [1.807, 2.05) is 30.3 Å². The number of aliphatic hydroxyl groups is 2. The van der Waals surface area contributed by atoms with Crippen molar-refractivity contribution in [2.24, 2.45) is 5.92 Å². The van der Waals surface area contributed by atoms with E-state index < -0.39 is 6.10 Å². The van der Waals surface area contributed by atoms with Gasteiger partial charge in [-0.3, -0.25) is 0 Å². The molecular weight excluding hydrogens is 242 g/mol. The third kappa shape index (κ3) is 4.82. The van der Waals surface area contributed by atoms with E-state index in [-0.39, 0.29) is 6.61 Å². The smallest absolute Gasteiger partial charge is 0.119 e. The summed E-state index contributed by atoms with van der Waals surface area (Å²) in [6.07, 6.45) is 1.69. The molecule has 4 heteroatoms. The van der Waals surface area contributed by atoms with Crippen molar-refractivity contribution in [3.05, 3.63) is 30.3 Å². The van der Waals surface area contributed by atoms with Crippen molar-refractivity contribution >= 4 is 0 Å². The number of hydrogen-bond acceptors (Lipinski definition) is 4. The Labute approximate surface area is 114 Å². The van der Waals surface area contributed by atoms with Crippen molar-refractivity contribution in [2.45, 2.75) is 18.9 Å². The Kier molecular flexibility index (Phi) is 5.63. The SMILES string of the molecule is OCC1CCCN(CC(O)COc2ccccc2)C1. The lowest BCUT2D eigenvalue weighted by Crippen LogP contribution is -2.42. The zero-order valence-corrected chi connectivity index (χ0v) is 11.2. The molecule has 19 heavy (non-hydrogen) atoms. The summed E-state index contributed by atoms with van der Waals surface area (Å²) in [5, 5.41) is 19.2. The Hall–Kier alpha value is -1.10. The molecule has 2 unspecified atom stereocenters. The molecule has 2 rings (SSSR count). The summed E-state index contributed by atoms with van der Waals surface area (Å²) in [7, 11) is 0. The lowest BCUT2D eigenvalue weighted by molar-refractivity contribution is 0.0431. The molecule has 2 N–H and O–H groups in total. The minimum absolute atomic E-state index is 0.243. The maximum absolute atomic E-state index is 9.99. The molecule has 1 aliphatic rings. The number of β-amino-alcohol motifs (C(OH)–C–C–N with tert-alkyl or cyclic N) is 1. The fourth-order valence-electron chi connectivity index (χ4n) is 2.53. The van der Waals surface area contributed by atoms with Crippen molar-refractivity contribution in [3.63, 3.8) is 0 Å². The number of benzene rings is 1. The number of para-hydroxylation sites is 1. The average Bonchev–Trinajstić information content (AvgIpc) is 2.46. The van der Waals surface area contributed by atoms with Crippen LogP contribution in [-0.2, 0) is 0 Å². The van der Waals surface area contributed by atoms with Gasteiger partial charge in [0.1, 0.15) is 18.5 Å². The number of ether oxygens (including phenoxy) is 1. The minimum Gasteiger partial charge on any atom is -0.491 e. The Balaban J connectivity index is 1.70. The molecular formula is C15H23NO3. The van der Waals surface area contributed by atoms with Crippen LogP contribution in [0.5, 0.6) is 5.75 Å². The highest BCUT2D eigenvalue weighted by Gasteiger charge is 2.21. The Morgan fingerprint density at radius 3 is 2.84 bits per heavy atom. The molecule has 106 valence electrons. The van der Waals surface area contributed by atoms with Gasteiger partial charge < -0.3 is 19.8 Å². The third-order valence-corrected chi connectivity index (χ3v) is 3.52. The van der Waals surface area contributed by atoms with E-state index in [0.29, 0.717) is 19.1 Å². The number of rotatable bonds is 6. The van der Waals surface area contributed by atoms with Gasteiger partial charge in [0.05, 0.1) is 0 Å². The largest absolute Gasteiger partial charge is 0.491 e. The van der Waals surface area contributed by atoms with Crippen LogP contribution >= 0.6 is 0 Å². The second kappa shape index (κ2) is 7.48. The summed E-state index contributed by atoms with van der Waals surface area (Å²) in [5.41, 5.74) is 0. The lowest BCUT2D eigenvalue weighted by atomic mass is 9.99. The van der Waals surface area contributed by atoms with Gasteiger partial charge in [0.2, 0.25) is 0 Å². The van der Waals surface area contributed by atoms with Gasteiger partial charge in [-0.1, -0.05) is 18.2 Å². The van der Waals surface area contributed by atoms with Crippen LogP contribution in [0.2, 0.25) is 0 Å². The third-order valence-electron chi connectivity index (χ3n) is 3.52. The van der Waals surface area contributed by atoms with Gasteiger partial charge in [-0.25, -0.2) is 0 Å². The molecule has 1 aliphatic heterocycles. The van der Waals surface area contributed by atoms with Crippen LogP contribution in [-0.4, -0.2) is 54.1 Å². The topological polar surface area (TPSA) is 52.9 Å². The molecule has 2 atom stereocenters. The first-order valence-corrected chi connectivity index (χ1v) is 6.97. The number of likely N-dealkylation sites (tertiary alicyclic amines) is 1. The first-order valence-electron chi connectivity index (χ1n) is 6.97. The monoisotopic (exact) mass is 265 g/mol. The van der Waals surface area contributed by atoms with Crippen LogP contribution < -0.4 is 4.74 Å². The molecule has 0 saturated carbocycles. The van der Waals surface area contributed by atoms with Gasteiger partial charge in [0.25, 0.3) is 0 Å². The normalized spacial score (nSPS) is 22.1. The van der Waals surface area contributed by atoms with Crippen LogP contribution in [0.1, 0.15) is 12.8 Å². The van der Waals surface area contributed by atoms with E-state index in [1.165, 1.54) is 0 Å². The Morgan fingerprint density at radius 1 is 1.32 bits per heavy atom. The summed E-state index contributed by atoms with van der Waals surface area (Å²) in [6.45, 7) is 3.04. The van der Waals surface area contributed by atoms with Gasteiger partial charge in [0.15, 0.2) is 0 Å². The Bertz CT molecular complexity index is 358. The van der Waals surface area contributed by atoms with Crippen molar-refractivity contribution in [2.75, 3.05) is 32.8 Å². The van der Waals surface area contributed by atoms with Crippen LogP contribution in [0.3, 0.4) is 0 Å². The van der Waals surface area contributed by atoms with E-state index in [4.69, 9.17) is 4.74 Å². The molecule has 1 fully saturated rings. The molecule has 1 heterocycles. The highest BCUT2D eigenvalue weighted by Crippen LogP contribution is 2.16. The summed E-state index contributed by atoms with van der Waals surface area (Å²) in [5.74, 6) is 1.14. The molecule has 4 nitrogen and oxygen atoms in total. The lowest BCUT2D eigenvalue weighted by Gasteiger charge is -2.33. The van der Waals surface area contributed by atoms with Crippen molar-refractivity contribution in [1.82, 2.24) is 4.90 Å². The van der Waals surface area contributed by atoms with E-state index in [0.717, 1.165) is 31.7 Å². The first-order chi connectivity index (χ1) is 9.28. The van der Waals surface area contributed by atoms with Crippen molar-refractivity contribution in [3.8, 4) is 5.75 Å². The summed E-state index contributed by atoms with van der Waals surface area (Å²) in [6, 6.07) is 9.53. The van der Waals surface area contributed by atoms with E-state index in [2.05, 4.69) is 4.90 Å². The van der Waals surface area contributed by atoms with Crippen LogP contribution in [0.4, 0.5) is 0 Å². The Morgan fingerprint density at radius 2 is 2.11 bits per heavy atom. The molecule has 1 aromatic carbocycles. The van der Waals surface area contributed by atoms with E-state index in [1.54, 1.807) is 0 Å². The second-order valence-electron chi connectivity index (χ2n) is 5.23. The quantitative estimate of drug-likeness (QED) is 0.809. The average molecular weight is 265 g/mol. The number of nitrogens with zero attached hydrogens (tertiary/aromatic N) is 1. The molecule has 0 aromatic heterocycles. The highest BCUT2D eigenvalue weighted by atomic mass is 16.5. The standard InChI is InChI=1S/C15H23NO3/c17-11-13-5-4-8-16(9-13)10-14(18)12-19-15-6-2-1-3-7-15/h1-3,6-7,13-14,17-18H,4-5,8-12H2. The van der Waals surface area contributed by atoms with Crippen molar-refractivity contribution < 1.29 is 14.9 Å². The van der Waals surface area contributed by atoms with Gasteiger partial charge in [-0.05, 0) is 37.4 Å². The zero-order chi connectivity index (χ0) is 13.5. The molecule has 0 bridgehead atoms. The number of hydrogen-bond donors (Lipinski definition) is 2.